The standard InChI is InChI=1S/C10H18N2O/c11-8-3-1-2-7(6-8)10(13)12-9-4-5-9/h7-9H,1-6,11H2,(H,12,13)/t7-,8+/m1/s1. The Hall–Kier alpha value is -0.570. The fourth-order valence-corrected chi connectivity index (χ4v) is 2.01. The van der Waals surface area contributed by atoms with Crippen LogP contribution in [0.15, 0.2) is 0 Å². The van der Waals surface area contributed by atoms with Gasteiger partial charge in [-0.25, -0.2) is 0 Å². The molecule has 0 aliphatic heterocycles. The molecule has 0 spiro atoms. The molecule has 2 fully saturated rings. The summed E-state index contributed by atoms with van der Waals surface area (Å²) in [4.78, 5) is 11.6. The molecule has 0 aromatic heterocycles. The van der Waals surface area contributed by atoms with Gasteiger partial charge in [0.15, 0.2) is 0 Å². The van der Waals surface area contributed by atoms with Gasteiger partial charge in [0.1, 0.15) is 0 Å². The molecule has 2 saturated carbocycles. The van der Waals surface area contributed by atoms with Crippen LogP contribution >= 0.6 is 0 Å². The van der Waals surface area contributed by atoms with E-state index in [2.05, 4.69) is 5.32 Å². The summed E-state index contributed by atoms with van der Waals surface area (Å²) in [7, 11) is 0. The van der Waals surface area contributed by atoms with Crippen molar-refractivity contribution in [2.75, 3.05) is 0 Å². The lowest BCUT2D eigenvalue weighted by Crippen LogP contribution is -2.38. The Morgan fingerprint density at radius 2 is 2.00 bits per heavy atom. The molecule has 13 heavy (non-hydrogen) atoms. The van der Waals surface area contributed by atoms with Gasteiger partial charge in [0.05, 0.1) is 0 Å². The zero-order chi connectivity index (χ0) is 9.26. The quantitative estimate of drug-likeness (QED) is 0.663. The second-order valence-corrected chi connectivity index (χ2v) is 4.41. The minimum absolute atomic E-state index is 0.198. The van der Waals surface area contributed by atoms with Crippen LogP contribution in [0.1, 0.15) is 38.5 Å². The molecule has 2 aliphatic rings. The third-order valence-electron chi connectivity index (χ3n) is 3.01. The average molecular weight is 182 g/mol. The van der Waals surface area contributed by atoms with Gasteiger partial charge in [-0.1, -0.05) is 6.42 Å². The first-order valence-corrected chi connectivity index (χ1v) is 5.31. The van der Waals surface area contributed by atoms with Gasteiger partial charge < -0.3 is 11.1 Å². The topological polar surface area (TPSA) is 55.1 Å². The zero-order valence-electron chi connectivity index (χ0n) is 7.96. The molecule has 74 valence electrons. The van der Waals surface area contributed by atoms with E-state index in [1.807, 2.05) is 0 Å². The first kappa shape index (κ1) is 9.00. The summed E-state index contributed by atoms with van der Waals surface area (Å²) in [5.41, 5.74) is 5.83. The predicted octanol–water partition coefficient (Wildman–Crippen LogP) is 0.782. The van der Waals surface area contributed by atoms with Crippen molar-refractivity contribution in [1.29, 1.82) is 0 Å². The molecule has 0 aromatic rings. The largest absolute Gasteiger partial charge is 0.353 e. The summed E-state index contributed by atoms with van der Waals surface area (Å²) in [6.07, 6.45) is 6.47. The van der Waals surface area contributed by atoms with E-state index in [0.717, 1.165) is 25.7 Å². The number of carbonyl (C=O) groups excluding carboxylic acids is 1. The fraction of sp³-hybridized carbons (Fsp3) is 0.900. The minimum atomic E-state index is 0.198. The first-order chi connectivity index (χ1) is 6.25. The van der Waals surface area contributed by atoms with Gasteiger partial charge in [0, 0.05) is 18.0 Å². The normalized spacial score (nSPS) is 34.2. The van der Waals surface area contributed by atoms with Gasteiger partial charge in [-0.05, 0) is 32.1 Å². The van der Waals surface area contributed by atoms with Crippen LogP contribution in [0.25, 0.3) is 0 Å². The average Bonchev–Trinajstić information content (AvgIpc) is 2.88. The molecule has 0 heterocycles. The van der Waals surface area contributed by atoms with Crippen LogP contribution in [-0.4, -0.2) is 18.0 Å². The second-order valence-electron chi connectivity index (χ2n) is 4.41. The summed E-state index contributed by atoms with van der Waals surface area (Å²) in [5.74, 6) is 0.446. The third-order valence-corrected chi connectivity index (χ3v) is 3.01. The predicted molar refractivity (Wildman–Crippen MR) is 51.1 cm³/mol. The van der Waals surface area contributed by atoms with Gasteiger partial charge in [-0.2, -0.15) is 0 Å². The maximum atomic E-state index is 11.6. The van der Waals surface area contributed by atoms with Gasteiger partial charge >= 0.3 is 0 Å². The number of nitrogens with one attached hydrogen (secondary N) is 1. The Bertz CT molecular complexity index is 201. The van der Waals surface area contributed by atoms with Gasteiger partial charge in [0.2, 0.25) is 5.91 Å². The Morgan fingerprint density at radius 3 is 2.62 bits per heavy atom. The van der Waals surface area contributed by atoms with E-state index >= 15 is 0 Å². The number of hydrogen-bond acceptors (Lipinski definition) is 2. The monoisotopic (exact) mass is 182 g/mol. The van der Waals surface area contributed by atoms with Crippen LogP contribution in [0, 0.1) is 5.92 Å². The van der Waals surface area contributed by atoms with E-state index in [4.69, 9.17) is 5.73 Å². The van der Waals surface area contributed by atoms with E-state index in [1.165, 1.54) is 12.8 Å². The fourth-order valence-electron chi connectivity index (χ4n) is 2.01. The third kappa shape index (κ3) is 2.44. The van der Waals surface area contributed by atoms with Crippen LogP contribution in [-0.2, 0) is 4.79 Å². The highest BCUT2D eigenvalue weighted by molar-refractivity contribution is 5.79. The molecule has 1 amide bonds. The van der Waals surface area contributed by atoms with Crippen molar-refractivity contribution in [3.05, 3.63) is 0 Å². The Kier molecular flexibility index (Phi) is 2.54. The maximum Gasteiger partial charge on any atom is 0.223 e. The summed E-state index contributed by atoms with van der Waals surface area (Å²) in [6.45, 7) is 0. The zero-order valence-corrected chi connectivity index (χ0v) is 7.96. The number of nitrogens with two attached hydrogens (primary N) is 1. The lowest BCUT2D eigenvalue weighted by atomic mass is 9.85. The van der Waals surface area contributed by atoms with Crippen molar-refractivity contribution in [3.8, 4) is 0 Å². The number of rotatable bonds is 2. The number of amides is 1. The molecule has 3 nitrogen and oxygen atoms in total. The smallest absolute Gasteiger partial charge is 0.223 e. The van der Waals surface area contributed by atoms with Crippen LogP contribution in [0.4, 0.5) is 0 Å². The molecule has 2 atom stereocenters. The van der Waals surface area contributed by atoms with Gasteiger partial charge in [-0.3, -0.25) is 4.79 Å². The van der Waals surface area contributed by atoms with E-state index in [9.17, 15) is 4.79 Å². The molecular formula is C10H18N2O. The molecule has 2 aliphatic carbocycles. The summed E-state index contributed by atoms with van der Waals surface area (Å²) in [5, 5.41) is 3.05. The van der Waals surface area contributed by atoms with Crippen LogP contribution < -0.4 is 11.1 Å². The van der Waals surface area contributed by atoms with Crippen LogP contribution in [0.2, 0.25) is 0 Å². The summed E-state index contributed by atoms with van der Waals surface area (Å²) < 4.78 is 0. The Balaban J connectivity index is 1.80. The van der Waals surface area contributed by atoms with E-state index in [1.54, 1.807) is 0 Å². The van der Waals surface area contributed by atoms with E-state index in [0.29, 0.717) is 6.04 Å². The summed E-state index contributed by atoms with van der Waals surface area (Å²) >= 11 is 0. The maximum absolute atomic E-state index is 11.6. The van der Waals surface area contributed by atoms with Crippen molar-refractivity contribution in [2.24, 2.45) is 11.7 Å². The molecule has 2 rings (SSSR count). The van der Waals surface area contributed by atoms with Crippen LogP contribution in [0.3, 0.4) is 0 Å². The van der Waals surface area contributed by atoms with Crippen molar-refractivity contribution >= 4 is 5.91 Å². The molecule has 3 N–H and O–H groups in total. The van der Waals surface area contributed by atoms with Crippen molar-refractivity contribution in [3.63, 3.8) is 0 Å². The summed E-state index contributed by atoms with van der Waals surface area (Å²) in [6, 6.07) is 0.745. The van der Waals surface area contributed by atoms with E-state index < -0.39 is 0 Å². The number of hydrogen-bond donors (Lipinski definition) is 2. The minimum Gasteiger partial charge on any atom is -0.353 e. The molecule has 0 bridgehead atoms. The lowest BCUT2D eigenvalue weighted by molar-refractivity contribution is -0.126. The first-order valence-electron chi connectivity index (χ1n) is 5.31. The molecule has 3 heteroatoms. The Morgan fingerprint density at radius 1 is 1.23 bits per heavy atom. The van der Waals surface area contributed by atoms with Crippen molar-refractivity contribution in [2.45, 2.75) is 50.6 Å². The molecule has 0 unspecified atom stereocenters. The molecular weight excluding hydrogens is 164 g/mol. The lowest BCUT2D eigenvalue weighted by Gasteiger charge is -2.25. The Labute approximate surface area is 79.1 Å². The van der Waals surface area contributed by atoms with Gasteiger partial charge in [-0.15, -0.1) is 0 Å². The molecule has 0 radical (unpaired) electrons. The van der Waals surface area contributed by atoms with E-state index in [-0.39, 0.29) is 17.9 Å². The second kappa shape index (κ2) is 3.66. The SMILES string of the molecule is N[C@H]1CCC[C@@H](C(=O)NC2CC2)C1. The van der Waals surface area contributed by atoms with Gasteiger partial charge in [0.25, 0.3) is 0 Å². The van der Waals surface area contributed by atoms with Crippen molar-refractivity contribution in [1.82, 2.24) is 5.32 Å². The number of carbonyl (C=O) groups is 1. The highest BCUT2D eigenvalue weighted by Crippen LogP contribution is 2.25. The molecule has 0 aromatic carbocycles. The van der Waals surface area contributed by atoms with Crippen LogP contribution in [0.5, 0.6) is 0 Å². The molecule has 0 saturated heterocycles. The highest BCUT2D eigenvalue weighted by Gasteiger charge is 2.29. The highest BCUT2D eigenvalue weighted by atomic mass is 16.2. The van der Waals surface area contributed by atoms with Crippen molar-refractivity contribution < 1.29 is 4.79 Å².